The predicted molar refractivity (Wildman–Crippen MR) is 72.6 cm³/mol. The number of aromatic nitrogens is 2. The molecule has 6 heteroatoms. The Bertz CT molecular complexity index is 567. The Kier molecular flexibility index (Phi) is 3.80. The van der Waals surface area contributed by atoms with Crippen LogP contribution in [0.1, 0.15) is 5.69 Å². The van der Waals surface area contributed by atoms with E-state index < -0.39 is 0 Å². The zero-order valence-corrected chi connectivity index (χ0v) is 12.6. The summed E-state index contributed by atoms with van der Waals surface area (Å²) in [5.41, 5.74) is 1.44. The fraction of sp³-hybridized carbons (Fsp3) is 0.0909. The summed E-state index contributed by atoms with van der Waals surface area (Å²) in [6.07, 6.45) is 0. The highest BCUT2D eigenvalue weighted by molar-refractivity contribution is 9.10. The van der Waals surface area contributed by atoms with E-state index >= 15 is 0 Å². The van der Waals surface area contributed by atoms with Crippen molar-refractivity contribution >= 4 is 43.5 Å². The molecule has 88 valence electrons. The van der Waals surface area contributed by atoms with E-state index in [1.807, 2.05) is 6.92 Å². The third kappa shape index (κ3) is 2.67. The first kappa shape index (κ1) is 12.9. The maximum atomic E-state index is 13.1. The van der Waals surface area contributed by atoms with Crippen LogP contribution in [0.15, 0.2) is 27.1 Å². The number of hydrogen-bond donors (Lipinski definition) is 0. The maximum absolute atomic E-state index is 13.1. The monoisotopic (exact) mass is 378 g/mol. The van der Waals surface area contributed by atoms with Crippen LogP contribution in [0.5, 0.6) is 0 Å². The van der Waals surface area contributed by atoms with Crippen LogP contribution in [0.4, 0.5) is 4.39 Å². The minimum absolute atomic E-state index is 0.325. The molecule has 0 radical (unpaired) electrons. The van der Waals surface area contributed by atoms with Gasteiger partial charge in [0.2, 0.25) is 0 Å². The van der Waals surface area contributed by atoms with Gasteiger partial charge in [-0.1, -0.05) is 11.6 Å². The molecule has 1 aromatic carbocycles. The van der Waals surface area contributed by atoms with E-state index in [-0.39, 0.29) is 5.82 Å². The Labute approximate surface area is 119 Å². The smallest absolute Gasteiger partial charge is 0.161 e. The molecule has 0 bridgehead atoms. The summed E-state index contributed by atoms with van der Waals surface area (Å²) in [7, 11) is 0. The second-order valence-electron chi connectivity index (χ2n) is 3.37. The highest BCUT2D eigenvalue weighted by Crippen LogP contribution is 2.28. The molecule has 1 heterocycles. The van der Waals surface area contributed by atoms with Gasteiger partial charge in [-0.25, -0.2) is 14.4 Å². The molecular formula is C11H6Br2ClFN2. The molecule has 0 saturated heterocycles. The Morgan fingerprint density at radius 2 is 1.94 bits per heavy atom. The Morgan fingerprint density at radius 3 is 2.53 bits per heavy atom. The highest BCUT2D eigenvalue weighted by atomic mass is 79.9. The van der Waals surface area contributed by atoms with Gasteiger partial charge in [0.05, 0.1) is 14.6 Å². The molecule has 0 aliphatic rings. The third-order valence-electron chi connectivity index (χ3n) is 2.15. The van der Waals surface area contributed by atoms with Crippen LogP contribution in [0.3, 0.4) is 0 Å². The van der Waals surface area contributed by atoms with E-state index in [1.54, 1.807) is 12.1 Å². The average molecular weight is 380 g/mol. The Morgan fingerprint density at radius 1 is 1.24 bits per heavy atom. The molecule has 0 spiro atoms. The lowest BCUT2D eigenvalue weighted by Crippen LogP contribution is -1.94. The van der Waals surface area contributed by atoms with Crippen LogP contribution in [0, 0.1) is 12.7 Å². The molecule has 0 unspecified atom stereocenters. The SMILES string of the molecule is Cc1nc(-c2ccc(F)c(Br)c2)nc(Cl)c1Br. The van der Waals surface area contributed by atoms with Crippen LogP contribution in [-0.4, -0.2) is 9.97 Å². The van der Waals surface area contributed by atoms with Crippen LogP contribution in [0.25, 0.3) is 11.4 Å². The highest BCUT2D eigenvalue weighted by Gasteiger charge is 2.10. The van der Waals surface area contributed by atoms with Crippen molar-refractivity contribution in [1.82, 2.24) is 9.97 Å². The second-order valence-corrected chi connectivity index (χ2v) is 5.37. The lowest BCUT2D eigenvalue weighted by atomic mass is 10.2. The Hall–Kier alpha value is -0.520. The fourth-order valence-electron chi connectivity index (χ4n) is 1.29. The minimum Gasteiger partial charge on any atom is -0.232 e. The van der Waals surface area contributed by atoms with Gasteiger partial charge in [0.15, 0.2) is 5.82 Å². The molecule has 17 heavy (non-hydrogen) atoms. The first-order valence-corrected chi connectivity index (χ1v) is 6.60. The number of rotatable bonds is 1. The summed E-state index contributed by atoms with van der Waals surface area (Å²) in [6.45, 7) is 1.82. The van der Waals surface area contributed by atoms with Crippen molar-refractivity contribution in [1.29, 1.82) is 0 Å². The van der Waals surface area contributed by atoms with Crippen LogP contribution < -0.4 is 0 Å². The molecule has 2 aromatic rings. The quantitative estimate of drug-likeness (QED) is 0.666. The summed E-state index contributed by atoms with van der Waals surface area (Å²) in [5.74, 6) is 0.144. The van der Waals surface area contributed by atoms with Gasteiger partial charge in [0.25, 0.3) is 0 Å². The van der Waals surface area contributed by atoms with Gasteiger partial charge < -0.3 is 0 Å². The van der Waals surface area contributed by atoms with Crippen LogP contribution in [-0.2, 0) is 0 Å². The van der Waals surface area contributed by atoms with E-state index in [4.69, 9.17) is 11.6 Å². The van der Waals surface area contributed by atoms with E-state index in [2.05, 4.69) is 41.8 Å². The van der Waals surface area contributed by atoms with Gasteiger partial charge in [0.1, 0.15) is 11.0 Å². The van der Waals surface area contributed by atoms with Gasteiger partial charge in [0, 0.05) is 5.56 Å². The molecule has 0 aliphatic carbocycles. The van der Waals surface area contributed by atoms with Crippen LogP contribution in [0.2, 0.25) is 5.15 Å². The number of hydrogen-bond acceptors (Lipinski definition) is 2. The minimum atomic E-state index is -0.325. The zero-order valence-electron chi connectivity index (χ0n) is 8.64. The first-order valence-electron chi connectivity index (χ1n) is 4.64. The van der Waals surface area contributed by atoms with E-state index in [1.165, 1.54) is 6.07 Å². The molecule has 1 aromatic heterocycles. The van der Waals surface area contributed by atoms with Crippen molar-refractivity contribution in [2.75, 3.05) is 0 Å². The van der Waals surface area contributed by atoms with E-state index in [0.29, 0.717) is 25.5 Å². The maximum Gasteiger partial charge on any atom is 0.161 e. The van der Waals surface area contributed by atoms with Crippen molar-refractivity contribution < 1.29 is 4.39 Å². The molecule has 0 atom stereocenters. The van der Waals surface area contributed by atoms with Gasteiger partial charge in [-0.05, 0) is 57.0 Å². The second kappa shape index (κ2) is 5.00. The molecule has 0 aliphatic heterocycles. The van der Waals surface area contributed by atoms with Crippen molar-refractivity contribution in [2.45, 2.75) is 6.92 Å². The predicted octanol–water partition coefficient (Wildman–Crippen LogP) is 4.77. The summed E-state index contributed by atoms with van der Waals surface area (Å²) < 4.78 is 14.2. The lowest BCUT2D eigenvalue weighted by molar-refractivity contribution is 0.621. The van der Waals surface area contributed by atoms with Gasteiger partial charge >= 0.3 is 0 Å². The largest absolute Gasteiger partial charge is 0.232 e. The molecule has 2 rings (SSSR count). The molecule has 0 saturated carbocycles. The third-order valence-corrected chi connectivity index (χ3v) is 4.21. The molecule has 0 amide bonds. The van der Waals surface area contributed by atoms with Gasteiger partial charge in [-0.15, -0.1) is 0 Å². The molecule has 2 nitrogen and oxygen atoms in total. The van der Waals surface area contributed by atoms with Crippen molar-refractivity contribution in [3.05, 3.63) is 43.8 Å². The summed E-state index contributed by atoms with van der Waals surface area (Å²) >= 11 is 12.4. The lowest BCUT2D eigenvalue weighted by Gasteiger charge is -2.05. The zero-order chi connectivity index (χ0) is 12.6. The summed E-state index contributed by atoms with van der Waals surface area (Å²) in [6, 6.07) is 4.58. The van der Waals surface area contributed by atoms with Crippen molar-refractivity contribution in [2.24, 2.45) is 0 Å². The van der Waals surface area contributed by atoms with Crippen LogP contribution >= 0.6 is 43.5 Å². The number of nitrogens with zero attached hydrogens (tertiary/aromatic N) is 2. The van der Waals surface area contributed by atoms with Gasteiger partial charge in [-0.2, -0.15) is 0 Å². The number of halogens is 4. The number of aryl methyl sites for hydroxylation is 1. The first-order chi connectivity index (χ1) is 7.99. The Balaban J connectivity index is 2.57. The normalized spacial score (nSPS) is 10.6. The molecule has 0 N–H and O–H groups in total. The van der Waals surface area contributed by atoms with Crippen molar-refractivity contribution in [3.63, 3.8) is 0 Å². The summed E-state index contributed by atoms with van der Waals surface area (Å²) in [4.78, 5) is 8.43. The average Bonchev–Trinajstić information content (AvgIpc) is 2.29. The molecule has 0 fully saturated rings. The van der Waals surface area contributed by atoms with E-state index in [9.17, 15) is 4.39 Å². The summed E-state index contributed by atoms with van der Waals surface area (Å²) in [5, 5.41) is 0.341. The van der Waals surface area contributed by atoms with Crippen molar-refractivity contribution in [3.8, 4) is 11.4 Å². The van der Waals surface area contributed by atoms with Gasteiger partial charge in [-0.3, -0.25) is 0 Å². The topological polar surface area (TPSA) is 25.8 Å². The number of benzene rings is 1. The fourth-order valence-corrected chi connectivity index (χ4v) is 2.06. The standard InChI is InChI=1S/C11H6Br2ClFN2/c1-5-9(13)10(14)17-11(16-5)6-2-3-8(15)7(12)4-6/h2-4H,1H3. The molecular weight excluding hydrogens is 374 g/mol. The van der Waals surface area contributed by atoms with E-state index in [0.717, 1.165) is 5.69 Å².